The van der Waals surface area contributed by atoms with Crippen LogP contribution in [-0.2, 0) is 15.6 Å². The summed E-state index contributed by atoms with van der Waals surface area (Å²) in [7, 11) is -3.50. The predicted octanol–water partition coefficient (Wildman–Crippen LogP) is 5.82. The van der Waals surface area contributed by atoms with Crippen LogP contribution in [0.5, 0.6) is 0 Å². The molecule has 0 unspecified atom stereocenters. The molecule has 1 heterocycles. The van der Waals surface area contributed by atoms with Crippen molar-refractivity contribution in [3.63, 3.8) is 0 Å². The summed E-state index contributed by atoms with van der Waals surface area (Å²) < 4.78 is 26.1. The average Bonchev–Trinajstić information content (AvgIpc) is 2.73. The van der Waals surface area contributed by atoms with Crippen LogP contribution in [0.25, 0.3) is 32.4 Å². The highest BCUT2D eigenvalue weighted by atomic mass is 32.2. The Morgan fingerprint density at radius 2 is 1.38 bits per heavy atom. The molecular weight excluding hydrogens is 378 g/mol. The lowest BCUT2D eigenvalue weighted by atomic mass is 9.99. The fraction of sp³-hybridized carbons (Fsp3) is 0.0800. The Morgan fingerprint density at radius 3 is 2.14 bits per heavy atom. The van der Waals surface area contributed by atoms with E-state index in [0.717, 1.165) is 38.0 Å². The van der Waals surface area contributed by atoms with E-state index < -0.39 is 9.84 Å². The second-order valence-corrected chi connectivity index (χ2v) is 9.35. The average molecular weight is 397 g/mol. The highest BCUT2D eigenvalue weighted by Gasteiger charge is 2.19. The molecule has 29 heavy (non-hydrogen) atoms. The summed E-state index contributed by atoms with van der Waals surface area (Å²) in [6, 6.07) is 27.1. The normalized spacial score (nSPS) is 12.0. The predicted molar refractivity (Wildman–Crippen MR) is 119 cm³/mol. The van der Waals surface area contributed by atoms with Gasteiger partial charge in [-0.15, -0.1) is 0 Å². The number of aryl methyl sites for hydroxylation is 1. The van der Waals surface area contributed by atoms with Gasteiger partial charge in [-0.25, -0.2) is 8.42 Å². The monoisotopic (exact) mass is 397 g/mol. The number of hydrogen-bond acceptors (Lipinski definition) is 3. The standard InChI is InChI=1S/C25H19NO2S/c1-17-10-13-19(14-11-17)29(27,28)16-24-21-8-4-5-9-22(21)25-20-7-3-2-6-18(20)12-15-23(25)26-24/h2-15H,16H2,1H3. The molecule has 0 aliphatic rings. The molecule has 0 N–H and O–H groups in total. The number of fused-ring (bicyclic) bond motifs is 5. The Bertz CT molecular complexity index is 1490. The zero-order valence-corrected chi connectivity index (χ0v) is 16.8. The van der Waals surface area contributed by atoms with Crippen LogP contribution in [0.3, 0.4) is 0 Å². The maximum Gasteiger partial charge on any atom is 0.184 e. The Labute approximate surface area is 169 Å². The number of sulfone groups is 1. The molecule has 0 aliphatic heterocycles. The zero-order valence-electron chi connectivity index (χ0n) is 16.0. The van der Waals surface area contributed by atoms with Crippen LogP contribution >= 0.6 is 0 Å². The van der Waals surface area contributed by atoms with Crippen molar-refractivity contribution in [1.29, 1.82) is 0 Å². The molecule has 0 radical (unpaired) electrons. The number of nitrogens with zero attached hydrogens (tertiary/aromatic N) is 1. The first kappa shape index (κ1) is 17.8. The minimum absolute atomic E-state index is 0.126. The minimum Gasteiger partial charge on any atom is -0.251 e. The highest BCUT2D eigenvalue weighted by Crippen LogP contribution is 2.33. The molecule has 0 aliphatic carbocycles. The van der Waals surface area contributed by atoms with Crippen LogP contribution < -0.4 is 0 Å². The summed E-state index contributed by atoms with van der Waals surface area (Å²) in [6.45, 7) is 1.94. The van der Waals surface area contributed by atoms with E-state index in [1.807, 2.05) is 67.6 Å². The van der Waals surface area contributed by atoms with Gasteiger partial charge in [-0.3, -0.25) is 4.98 Å². The van der Waals surface area contributed by atoms with E-state index in [0.29, 0.717) is 10.6 Å². The molecule has 1 aromatic heterocycles. The SMILES string of the molecule is Cc1ccc(S(=O)(=O)Cc2nc3ccc4ccccc4c3c3ccccc23)cc1. The topological polar surface area (TPSA) is 47.0 Å². The van der Waals surface area contributed by atoms with Gasteiger partial charge in [0.05, 0.1) is 21.9 Å². The van der Waals surface area contributed by atoms with Gasteiger partial charge in [-0.05, 0) is 41.3 Å². The third kappa shape index (κ3) is 3.06. The van der Waals surface area contributed by atoms with Gasteiger partial charge in [0.15, 0.2) is 9.84 Å². The molecular formula is C25H19NO2S. The molecule has 0 spiro atoms. The number of hydrogen-bond donors (Lipinski definition) is 0. The van der Waals surface area contributed by atoms with Crippen molar-refractivity contribution in [3.05, 3.63) is 96.2 Å². The molecule has 0 atom stereocenters. The number of aromatic nitrogens is 1. The van der Waals surface area contributed by atoms with Crippen LogP contribution in [0, 0.1) is 6.92 Å². The second kappa shape index (κ2) is 6.68. The molecule has 5 rings (SSSR count). The molecule has 3 nitrogen and oxygen atoms in total. The van der Waals surface area contributed by atoms with E-state index in [9.17, 15) is 8.42 Å². The largest absolute Gasteiger partial charge is 0.251 e. The molecule has 4 heteroatoms. The maximum absolute atomic E-state index is 13.1. The van der Waals surface area contributed by atoms with E-state index in [4.69, 9.17) is 4.98 Å². The Morgan fingerprint density at radius 1 is 0.724 bits per heavy atom. The molecule has 4 aromatic carbocycles. The van der Waals surface area contributed by atoms with Crippen LogP contribution in [-0.4, -0.2) is 13.4 Å². The fourth-order valence-electron chi connectivity index (χ4n) is 3.91. The van der Waals surface area contributed by atoms with Crippen LogP contribution in [0.15, 0.2) is 89.8 Å². The van der Waals surface area contributed by atoms with Crippen molar-refractivity contribution in [2.45, 2.75) is 17.6 Å². The molecule has 0 saturated carbocycles. The first-order valence-corrected chi connectivity index (χ1v) is 11.2. The molecule has 0 fully saturated rings. The third-order valence-electron chi connectivity index (χ3n) is 5.38. The van der Waals surface area contributed by atoms with Crippen molar-refractivity contribution < 1.29 is 8.42 Å². The Balaban J connectivity index is 1.76. The lowest BCUT2D eigenvalue weighted by molar-refractivity contribution is 0.595. The van der Waals surface area contributed by atoms with E-state index in [1.54, 1.807) is 12.1 Å². The van der Waals surface area contributed by atoms with E-state index in [2.05, 4.69) is 12.1 Å². The van der Waals surface area contributed by atoms with Crippen LogP contribution in [0.1, 0.15) is 11.3 Å². The molecule has 142 valence electrons. The zero-order chi connectivity index (χ0) is 20.0. The highest BCUT2D eigenvalue weighted by molar-refractivity contribution is 7.90. The van der Waals surface area contributed by atoms with Gasteiger partial charge in [-0.2, -0.15) is 0 Å². The number of rotatable bonds is 3. The van der Waals surface area contributed by atoms with Gasteiger partial charge in [0, 0.05) is 10.8 Å². The van der Waals surface area contributed by atoms with Crippen LogP contribution in [0.4, 0.5) is 0 Å². The first-order chi connectivity index (χ1) is 14.0. The van der Waals surface area contributed by atoms with Crippen molar-refractivity contribution in [3.8, 4) is 0 Å². The molecule has 0 amide bonds. The quantitative estimate of drug-likeness (QED) is 0.360. The number of benzene rings is 4. The van der Waals surface area contributed by atoms with Gasteiger partial charge in [0.1, 0.15) is 0 Å². The maximum atomic E-state index is 13.1. The minimum atomic E-state index is -3.50. The van der Waals surface area contributed by atoms with E-state index in [1.165, 1.54) is 0 Å². The summed E-state index contributed by atoms with van der Waals surface area (Å²) in [4.78, 5) is 5.13. The van der Waals surface area contributed by atoms with Crippen molar-refractivity contribution in [1.82, 2.24) is 4.98 Å². The van der Waals surface area contributed by atoms with Gasteiger partial charge < -0.3 is 0 Å². The molecule has 5 aromatic rings. The van der Waals surface area contributed by atoms with E-state index in [-0.39, 0.29) is 5.75 Å². The first-order valence-electron chi connectivity index (χ1n) is 9.51. The third-order valence-corrected chi connectivity index (χ3v) is 7.02. The molecule has 0 bridgehead atoms. The lowest BCUT2D eigenvalue weighted by Gasteiger charge is -2.12. The number of pyridine rings is 1. The van der Waals surface area contributed by atoms with E-state index >= 15 is 0 Å². The van der Waals surface area contributed by atoms with Crippen molar-refractivity contribution in [2.75, 3.05) is 0 Å². The Kier molecular flexibility index (Phi) is 4.10. The lowest BCUT2D eigenvalue weighted by Crippen LogP contribution is -2.07. The van der Waals surface area contributed by atoms with Crippen LogP contribution in [0.2, 0.25) is 0 Å². The van der Waals surface area contributed by atoms with Gasteiger partial charge in [0.2, 0.25) is 0 Å². The van der Waals surface area contributed by atoms with Crippen molar-refractivity contribution >= 4 is 42.3 Å². The summed E-state index contributed by atoms with van der Waals surface area (Å²) in [5.74, 6) is -0.126. The smallest absolute Gasteiger partial charge is 0.184 e. The molecule has 0 saturated heterocycles. The Hall–Kier alpha value is -3.24. The fourth-order valence-corrected chi connectivity index (χ4v) is 5.21. The van der Waals surface area contributed by atoms with Crippen molar-refractivity contribution in [2.24, 2.45) is 0 Å². The summed E-state index contributed by atoms with van der Waals surface area (Å²) in [5.41, 5.74) is 2.44. The summed E-state index contributed by atoms with van der Waals surface area (Å²) >= 11 is 0. The van der Waals surface area contributed by atoms with Gasteiger partial charge in [-0.1, -0.05) is 72.3 Å². The summed E-state index contributed by atoms with van der Waals surface area (Å²) in [5, 5.41) is 5.25. The van der Waals surface area contributed by atoms with Gasteiger partial charge in [0.25, 0.3) is 0 Å². The second-order valence-electron chi connectivity index (χ2n) is 7.36. The summed E-state index contributed by atoms with van der Waals surface area (Å²) in [6.07, 6.45) is 0. The van der Waals surface area contributed by atoms with Gasteiger partial charge >= 0.3 is 0 Å².